The summed E-state index contributed by atoms with van der Waals surface area (Å²) in [6.07, 6.45) is 6.17. The maximum Gasteiger partial charge on any atom is 0.342 e. The van der Waals surface area contributed by atoms with Crippen LogP contribution in [0.3, 0.4) is 0 Å². The van der Waals surface area contributed by atoms with E-state index in [9.17, 15) is 67.1 Å². The number of alkyl halides is 1. The molecule has 0 unspecified atom stereocenters. The highest BCUT2D eigenvalue weighted by Gasteiger charge is 2.22. The summed E-state index contributed by atoms with van der Waals surface area (Å²) in [6, 6.07) is 42.5. The highest BCUT2D eigenvalue weighted by molar-refractivity contribution is 9.10. The first kappa shape index (κ1) is 106. The Kier molecular flexibility index (Phi) is 45.3. The number of carboxylic acids is 1. The third kappa shape index (κ3) is 34.3. The SMILES string of the molecule is CN(C)CCn1sccc1=O.COc1ccccc1NC(=O)n1sc(C)cc1=O.Cc1c(CS)sn(C(=O)Nc2ccc(Cl)c(Cl)c2)c1=O.O=C(Nc1cccc(Cl)c1)n1sc(CBr)cc1=O.O=C(O)CCOCNC(=O)n1scc(Br)c1=O.O=c1cc(Cl)sn1Cc1ccccc1.O=c1ccsn1C1CCCCC1.[C-]#[N+]c1c(CS)sn(C(=O)Nc2ccccc2)c1=O.[HH]. The van der Waals surface area contributed by atoms with Crippen LogP contribution >= 0.6 is 196 Å². The molecule has 1 fully saturated rings. The van der Waals surface area contributed by atoms with E-state index >= 15 is 0 Å². The molecule has 8 heterocycles. The molecule has 1 saturated carbocycles. The minimum atomic E-state index is -0.977. The normalized spacial score (nSPS) is 11.2. The maximum absolute atomic E-state index is 12.1. The Hall–Kier alpha value is -9.61. The van der Waals surface area contributed by atoms with Gasteiger partial charge in [-0.3, -0.25) is 55.0 Å². The number of nitrogens with one attached hydrogen (secondary N) is 5. The van der Waals surface area contributed by atoms with Gasteiger partial charge in [0.15, 0.2) is 0 Å². The Bertz CT molecular complexity index is 6480. The van der Waals surface area contributed by atoms with E-state index in [1.54, 1.807) is 130 Å². The van der Waals surface area contributed by atoms with Crippen LogP contribution in [0.1, 0.15) is 76.6 Å². The number of carboxylic acid groups (broad SMARTS) is 1. The van der Waals surface area contributed by atoms with E-state index < -0.39 is 47.2 Å². The largest absolute Gasteiger partial charge is 0.495 e. The molecule has 686 valence electrons. The lowest BCUT2D eigenvalue weighted by Crippen LogP contribution is -2.34. The van der Waals surface area contributed by atoms with Gasteiger partial charge in [-0.1, -0.05) is 229 Å². The number of carbonyl (C=O) groups excluding carboxylic acids is 5. The second kappa shape index (κ2) is 54.9. The first-order valence-corrected chi connectivity index (χ1v) is 48.7. The predicted octanol–water partition coefficient (Wildman–Crippen LogP) is 19.3. The molecule has 13 aromatic rings. The van der Waals surface area contributed by atoms with E-state index in [0.717, 1.165) is 111 Å². The molecule has 0 spiro atoms. The fraction of sp³-hybridized carbons (Fsp3) is 0.247. The number of amides is 5. The number of anilines is 4. The minimum Gasteiger partial charge on any atom is -0.495 e. The van der Waals surface area contributed by atoms with Crippen LogP contribution in [0.4, 0.5) is 52.4 Å². The summed E-state index contributed by atoms with van der Waals surface area (Å²) < 4.78 is 21.2. The van der Waals surface area contributed by atoms with Gasteiger partial charge in [0.05, 0.1) is 53.5 Å². The molecule has 0 atom stereocenters. The molecular weight excluding hydrogens is 2080 g/mol. The Morgan fingerprint density at radius 1 is 0.581 bits per heavy atom. The van der Waals surface area contributed by atoms with Crippen molar-refractivity contribution in [1.82, 2.24) is 41.9 Å². The van der Waals surface area contributed by atoms with Crippen molar-refractivity contribution in [3.05, 3.63) is 323 Å². The smallest absolute Gasteiger partial charge is 0.342 e. The van der Waals surface area contributed by atoms with Crippen molar-refractivity contribution in [2.45, 2.75) is 88.3 Å². The minimum absolute atomic E-state index is 0. The zero-order valence-corrected chi connectivity index (χ0v) is 83.1. The molecule has 0 radical (unpaired) electrons. The summed E-state index contributed by atoms with van der Waals surface area (Å²) in [6.45, 7) is 12.6. The van der Waals surface area contributed by atoms with E-state index in [-0.39, 0.29) is 66.0 Å². The van der Waals surface area contributed by atoms with Crippen LogP contribution in [0.25, 0.3) is 4.85 Å². The average molecular weight is 2160 g/mol. The van der Waals surface area contributed by atoms with Gasteiger partial charge in [-0.05, 0) is 134 Å². The van der Waals surface area contributed by atoms with E-state index in [0.29, 0.717) is 86.5 Å². The number of carbonyl (C=O) groups is 6. The van der Waals surface area contributed by atoms with Gasteiger partial charge >= 0.3 is 36.1 Å². The van der Waals surface area contributed by atoms with E-state index in [4.69, 9.17) is 67.6 Å². The van der Waals surface area contributed by atoms with Crippen LogP contribution in [-0.2, 0) is 39.5 Å². The summed E-state index contributed by atoms with van der Waals surface area (Å²) in [7, 11) is 5.52. The van der Waals surface area contributed by atoms with Gasteiger partial charge < -0.3 is 46.1 Å². The standard InChI is InChI=1S/C12H10Cl2N2O2S2.C12H9N3O2S2.C12H12N2O3S.C11H8BrClN2O2S.C10H8ClNOS.C9H13NOS.C8H9BrN2O5S.C7H12N2OS.H2/c1-6-10(5-19)20-16(11(6)17)12(18)15-7-2-3-8(13)9(14)4-7;1-13-10-9(7-18)19-15(11(10)16)12(17)14-8-5-3-2-4-6-8;1-8-7-11(15)14(18-8)12(16)13-9-5-3-4-6-10(9)17-2;12-6-9-5-10(16)15(18-9)11(17)14-8-3-1-2-7(13)4-8;11-9-6-10(13)12(14-9)7-8-4-2-1-3-5-8;11-9-6-7-12-10(9)8-4-2-1-3-5-8;9-5-3-17-11(7(5)14)8(15)10-4-16-2-1-6(12)13;1-8(2)4-5-9-7(10)3-6-11-9;/h2-4,19H,5H2,1H3,(H,15,18);2-6,18H,7H2,(H,14,17);3-7H,1-2H3,(H,13,16);1-5H,6H2,(H,14,17);1-6H,7H2;6-8H,1-5H2;3H,1-2,4H2,(H,10,15)(H,12,13);3,6H,4-5H2,1-2H3;1H. The van der Waals surface area contributed by atoms with Gasteiger partial charge in [0.1, 0.15) is 16.8 Å². The van der Waals surface area contributed by atoms with Crippen LogP contribution in [0.5, 0.6) is 5.75 Å². The number of hydrogen-bond donors (Lipinski definition) is 8. The number of aliphatic carboxylic acids is 1. The van der Waals surface area contributed by atoms with Crippen LogP contribution in [-0.4, -0.2) is 119 Å². The van der Waals surface area contributed by atoms with Crippen LogP contribution in [0.15, 0.2) is 217 Å². The van der Waals surface area contributed by atoms with Crippen molar-refractivity contribution in [2.75, 3.05) is 62.4 Å². The number of thiol groups is 2. The van der Waals surface area contributed by atoms with E-state index in [1.165, 1.54) is 91.9 Å². The van der Waals surface area contributed by atoms with Crippen molar-refractivity contribution in [3.8, 4) is 5.75 Å². The lowest BCUT2D eigenvalue weighted by Gasteiger charge is -2.21. The van der Waals surface area contributed by atoms with Crippen molar-refractivity contribution in [1.29, 1.82) is 0 Å². The van der Waals surface area contributed by atoms with Crippen LogP contribution in [0.2, 0.25) is 19.4 Å². The third-order valence-electron chi connectivity index (χ3n) is 16.7. The molecule has 5 aromatic carbocycles. The molecule has 8 aromatic heterocycles. The zero-order chi connectivity index (χ0) is 94.4. The number of halogens is 6. The monoisotopic (exact) mass is 2160 g/mol. The van der Waals surface area contributed by atoms with Gasteiger partial charge in [-0.2, -0.15) is 45.0 Å². The quantitative estimate of drug-likeness (QED) is 0.0123. The Morgan fingerprint density at radius 2 is 1.17 bits per heavy atom. The molecule has 6 N–H and O–H groups in total. The molecule has 0 saturated heterocycles. The average Bonchev–Trinajstić information content (AvgIpc) is 1.67. The zero-order valence-electron chi connectivity index (χ0n) is 68.6. The molecule has 32 nitrogen and oxygen atoms in total. The summed E-state index contributed by atoms with van der Waals surface area (Å²) in [5.74, 6) is 0.240. The number of aromatic nitrogens is 8. The van der Waals surface area contributed by atoms with Crippen molar-refractivity contribution in [2.24, 2.45) is 0 Å². The van der Waals surface area contributed by atoms with Gasteiger partial charge in [0.2, 0.25) is 0 Å². The summed E-state index contributed by atoms with van der Waals surface area (Å²) >= 11 is 47.1. The number of hydrogen-bond acceptors (Lipinski definition) is 27. The highest BCUT2D eigenvalue weighted by Crippen LogP contribution is 2.30. The molecule has 0 bridgehead atoms. The first-order valence-electron chi connectivity index (χ1n) is 37.7. The molecule has 1 aliphatic rings. The van der Waals surface area contributed by atoms with Crippen LogP contribution in [0, 0.1) is 20.4 Å². The first-order chi connectivity index (χ1) is 61.7. The maximum atomic E-state index is 12.1. The lowest BCUT2D eigenvalue weighted by molar-refractivity contribution is -0.138. The number of likely N-dealkylation sites (N-methyl/N-ethyl adjacent to an activating group) is 1. The van der Waals surface area contributed by atoms with E-state index in [1.807, 2.05) is 65.2 Å². The molecular formula is C81H83Br2Cl4N15O17S10. The van der Waals surface area contributed by atoms with Gasteiger partial charge in [-0.15, -0.1) is 0 Å². The fourth-order valence-electron chi connectivity index (χ4n) is 10.5. The van der Waals surface area contributed by atoms with Gasteiger partial charge in [-0.25, -0.2) is 28.8 Å². The predicted molar refractivity (Wildman–Crippen MR) is 535 cm³/mol. The number of benzene rings is 5. The third-order valence-corrected chi connectivity index (χ3v) is 28.7. The second-order valence-corrected chi connectivity index (χ2v) is 38.2. The number of rotatable bonds is 19. The fourth-order valence-corrected chi connectivity index (χ4v) is 19.0. The van der Waals surface area contributed by atoms with Crippen molar-refractivity contribution >= 4 is 260 Å². The number of aryl methyl sites for hydroxylation is 1. The summed E-state index contributed by atoms with van der Waals surface area (Å²) in [5.41, 5.74) is 1.94. The van der Waals surface area contributed by atoms with Crippen molar-refractivity contribution < 1.29 is 44.8 Å². The Morgan fingerprint density at radius 3 is 1.71 bits per heavy atom. The highest BCUT2D eigenvalue weighted by atomic mass is 79.9. The molecule has 14 rings (SSSR count). The molecule has 129 heavy (non-hydrogen) atoms. The Balaban J connectivity index is 0.000000230. The van der Waals surface area contributed by atoms with E-state index in [2.05, 4.69) is 93.4 Å². The molecule has 48 heteroatoms. The molecule has 1 aliphatic carbocycles. The lowest BCUT2D eigenvalue weighted by atomic mass is 9.96. The summed E-state index contributed by atoms with van der Waals surface area (Å²) in [4.78, 5) is 169. The number of nitrogens with zero attached hydrogens (tertiary/aromatic N) is 10. The van der Waals surface area contributed by atoms with Gasteiger partial charge in [0.25, 0.3) is 50.2 Å². The van der Waals surface area contributed by atoms with Gasteiger partial charge in [0, 0.05) is 131 Å². The topological polar surface area (TPSA) is 385 Å². The number of methoxy groups -OCH3 is 1. The van der Waals surface area contributed by atoms with Crippen molar-refractivity contribution in [3.63, 3.8) is 0 Å². The molecule has 5 amide bonds. The van der Waals surface area contributed by atoms with Crippen LogP contribution < -0.4 is 75.8 Å². The molecule has 0 aliphatic heterocycles. The second-order valence-electron chi connectivity index (χ2n) is 26.3. The number of ether oxygens (including phenoxy) is 2. The summed E-state index contributed by atoms with van der Waals surface area (Å²) in [5, 5.41) is 28.1. The Labute approximate surface area is 818 Å². The number of para-hydroxylation sites is 3.